The standard InChI is InChI=1S/C14H19N5O2/c1-10(20)15-14-16-12-4-3-5-13(19(12)17-14)21-11-6-8-18(2)9-7-11/h3-5,11H,6-9H2,1-2H3,(H,15,17,20). The molecule has 0 bridgehead atoms. The first-order valence-corrected chi connectivity index (χ1v) is 7.10. The highest BCUT2D eigenvalue weighted by atomic mass is 16.5. The quantitative estimate of drug-likeness (QED) is 0.918. The Bertz CT molecular complexity index is 646. The van der Waals surface area contributed by atoms with E-state index < -0.39 is 0 Å². The fourth-order valence-electron chi connectivity index (χ4n) is 2.45. The van der Waals surface area contributed by atoms with E-state index in [0.717, 1.165) is 25.9 Å². The number of aromatic nitrogens is 3. The summed E-state index contributed by atoms with van der Waals surface area (Å²) < 4.78 is 7.68. The minimum atomic E-state index is -0.191. The molecule has 1 aliphatic heterocycles. The SMILES string of the molecule is CC(=O)Nc1nc2cccc(OC3CCN(C)CC3)n2n1. The van der Waals surface area contributed by atoms with Crippen molar-refractivity contribution < 1.29 is 9.53 Å². The van der Waals surface area contributed by atoms with Crippen molar-refractivity contribution >= 4 is 17.5 Å². The van der Waals surface area contributed by atoms with E-state index in [2.05, 4.69) is 27.3 Å². The number of carbonyl (C=O) groups excluding carboxylic acids is 1. The molecule has 1 fully saturated rings. The fraction of sp³-hybridized carbons (Fsp3) is 0.500. The largest absolute Gasteiger partial charge is 0.474 e. The highest BCUT2D eigenvalue weighted by Crippen LogP contribution is 2.20. The molecule has 112 valence electrons. The molecular weight excluding hydrogens is 270 g/mol. The van der Waals surface area contributed by atoms with Crippen LogP contribution in [0, 0.1) is 0 Å². The van der Waals surface area contributed by atoms with E-state index in [1.54, 1.807) is 4.52 Å². The van der Waals surface area contributed by atoms with E-state index >= 15 is 0 Å². The number of carbonyl (C=O) groups is 1. The zero-order valence-electron chi connectivity index (χ0n) is 12.2. The van der Waals surface area contributed by atoms with Gasteiger partial charge in [0.2, 0.25) is 17.7 Å². The number of rotatable bonds is 3. The lowest BCUT2D eigenvalue weighted by Crippen LogP contribution is -2.35. The van der Waals surface area contributed by atoms with Crippen LogP contribution in [-0.2, 0) is 4.79 Å². The first-order chi connectivity index (χ1) is 10.1. The Balaban J connectivity index is 1.81. The van der Waals surface area contributed by atoms with E-state index in [1.165, 1.54) is 6.92 Å². The van der Waals surface area contributed by atoms with Crippen molar-refractivity contribution in [3.63, 3.8) is 0 Å². The molecule has 3 heterocycles. The molecule has 0 atom stereocenters. The summed E-state index contributed by atoms with van der Waals surface area (Å²) in [6.45, 7) is 3.51. The van der Waals surface area contributed by atoms with Crippen LogP contribution in [0.3, 0.4) is 0 Å². The van der Waals surface area contributed by atoms with Crippen molar-refractivity contribution in [2.75, 3.05) is 25.5 Å². The minimum Gasteiger partial charge on any atom is -0.474 e. The average Bonchev–Trinajstić information content (AvgIpc) is 2.84. The van der Waals surface area contributed by atoms with Crippen LogP contribution >= 0.6 is 0 Å². The van der Waals surface area contributed by atoms with Crippen molar-refractivity contribution in [1.29, 1.82) is 0 Å². The third kappa shape index (κ3) is 3.13. The van der Waals surface area contributed by atoms with Crippen molar-refractivity contribution in [1.82, 2.24) is 19.5 Å². The van der Waals surface area contributed by atoms with Crippen molar-refractivity contribution in [2.45, 2.75) is 25.9 Å². The van der Waals surface area contributed by atoms with Gasteiger partial charge in [0.15, 0.2) is 5.65 Å². The summed E-state index contributed by atoms with van der Waals surface area (Å²) in [5, 5.41) is 6.86. The maximum Gasteiger partial charge on any atom is 0.249 e. The van der Waals surface area contributed by atoms with Gasteiger partial charge in [-0.15, -0.1) is 5.10 Å². The smallest absolute Gasteiger partial charge is 0.249 e. The van der Waals surface area contributed by atoms with E-state index in [0.29, 0.717) is 17.5 Å². The maximum atomic E-state index is 11.1. The summed E-state index contributed by atoms with van der Waals surface area (Å²) >= 11 is 0. The van der Waals surface area contributed by atoms with Crippen LogP contribution in [0.15, 0.2) is 18.2 Å². The number of pyridine rings is 1. The lowest BCUT2D eigenvalue weighted by atomic mass is 10.1. The van der Waals surface area contributed by atoms with Gasteiger partial charge in [-0.05, 0) is 26.0 Å². The van der Waals surface area contributed by atoms with Gasteiger partial charge < -0.3 is 9.64 Å². The van der Waals surface area contributed by atoms with Gasteiger partial charge in [-0.1, -0.05) is 6.07 Å². The second-order valence-electron chi connectivity index (χ2n) is 5.37. The summed E-state index contributed by atoms with van der Waals surface area (Å²) in [4.78, 5) is 17.6. The first-order valence-electron chi connectivity index (χ1n) is 7.10. The molecule has 2 aromatic rings. The predicted molar refractivity (Wildman–Crippen MR) is 78.4 cm³/mol. The molecule has 0 saturated carbocycles. The third-order valence-electron chi connectivity index (χ3n) is 3.57. The summed E-state index contributed by atoms with van der Waals surface area (Å²) in [6.07, 6.45) is 2.19. The summed E-state index contributed by atoms with van der Waals surface area (Å²) in [5.74, 6) is 0.761. The van der Waals surface area contributed by atoms with Gasteiger partial charge >= 0.3 is 0 Å². The van der Waals surface area contributed by atoms with Crippen LogP contribution in [0.25, 0.3) is 5.65 Å². The van der Waals surface area contributed by atoms with Gasteiger partial charge in [0.05, 0.1) is 0 Å². The molecule has 1 amide bonds. The van der Waals surface area contributed by atoms with E-state index in [9.17, 15) is 4.79 Å². The predicted octanol–water partition coefficient (Wildman–Crippen LogP) is 1.16. The molecule has 2 aromatic heterocycles. The third-order valence-corrected chi connectivity index (χ3v) is 3.57. The van der Waals surface area contributed by atoms with Crippen LogP contribution in [0.5, 0.6) is 5.88 Å². The van der Waals surface area contributed by atoms with Crippen LogP contribution in [0.4, 0.5) is 5.95 Å². The number of nitrogens with zero attached hydrogens (tertiary/aromatic N) is 4. The van der Waals surface area contributed by atoms with E-state index in [1.807, 2.05) is 18.2 Å². The number of hydrogen-bond acceptors (Lipinski definition) is 5. The highest BCUT2D eigenvalue weighted by Gasteiger charge is 2.19. The minimum absolute atomic E-state index is 0.191. The maximum absolute atomic E-state index is 11.1. The molecule has 0 aliphatic carbocycles. The molecule has 1 saturated heterocycles. The molecule has 7 nitrogen and oxygen atoms in total. The van der Waals surface area contributed by atoms with Gasteiger partial charge in [0, 0.05) is 26.1 Å². The Morgan fingerprint density at radius 1 is 1.38 bits per heavy atom. The molecule has 7 heteroatoms. The zero-order valence-corrected chi connectivity index (χ0v) is 12.2. The number of ether oxygens (including phenoxy) is 1. The van der Waals surface area contributed by atoms with Gasteiger partial charge in [0.1, 0.15) is 6.10 Å². The molecule has 1 N–H and O–H groups in total. The molecule has 21 heavy (non-hydrogen) atoms. The van der Waals surface area contributed by atoms with Crippen molar-refractivity contribution in [3.8, 4) is 5.88 Å². The van der Waals surface area contributed by atoms with Gasteiger partial charge in [-0.3, -0.25) is 10.1 Å². The topological polar surface area (TPSA) is 71.8 Å². The fourth-order valence-corrected chi connectivity index (χ4v) is 2.45. The van der Waals surface area contributed by atoms with Crippen LogP contribution < -0.4 is 10.1 Å². The number of likely N-dealkylation sites (tertiary alicyclic amines) is 1. The molecule has 0 spiro atoms. The Labute approximate surface area is 122 Å². The lowest BCUT2D eigenvalue weighted by Gasteiger charge is -2.29. The Morgan fingerprint density at radius 2 is 2.14 bits per heavy atom. The summed E-state index contributed by atoms with van der Waals surface area (Å²) in [5.41, 5.74) is 0.657. The van der Waals surface area contributed by atoms with Crippen LogP contribution in [0.2, 0.25) is 0 Å². The summed E-state index contributed by atoms with van der Waals surface area (Å²) in [7, 11) is 2.12. The normalized spacial score (nSPS) is 17.0. The molecule has 0 radical (unpaired) electrons. The van der Waals surface area contributed by atoms with E-state index in [4.69, 9.17) is 4.74 Å². The monoisotopic (exact) mass is 289 g/mol. The number of nitrogens with one attached hydrogen (secondary N) is 1. The molecule has 0 unspecified atom stereocenters. The first kappa shape index (κ1) is 13.8. The van der Waals surface area contributed by atoms with Gasteiger partial charge in [0.25, 0.3) is 0 Å². The van der Waals surface area contributed by atoms with Gasteiger partial charge in [-0.25, -0.2) is 0 Å². The van der Waals surface area contributed by atoms with E-state index in [-0.39, 0.29) is 12.0 Å². The lowest BCUT2D eigenvalue weighted by molar-refractivity contribution is -0.114. The number of fused-ring (bicyclic) bond motifs is 1. The number of anilines is 1. The van der Waals surface area contributed by atoms with Crippen molar-refractivity contribution in [3.05, 3.63) is 18.2 Å². The second kappa shape index (κ2) is 5.69. The summed E-state index contributed by atoms with van der Waals surface area (Å²) in [6, 6.07) is 5.59. The Kier molecular flexibility index (Phi) is 3.74. The van der Waals surface area contributed by atoms with Crippen LogP contribution in [0.1, 0.15) is 19.8 Å². The molecule has 0 aromatic carbocycles. The molecule has 1 aliphatic rings. The number of hydrogen-bond donors (Lipinski definition) is 1. The van der Waals surface area contributed by atoms with Gasteiger partial charge in [-0.2, -0.15) is 9.50 Å². The molecular formula is C14H19N5O2. The Morgan fingerprint density at radius 3 is 2.86 bits per heavy atom. The second-order valence-corrected chi connectivity index (χ2v) is 5.37. The number of amides is 1. The Hall–Kier alpha value is -2.15. The number of piperidine rings is 1. The van der Waals surface area contributed by atoms with Crippen LogP contribution in [-0.4, -0.2) is 51.6 Å². The molecule has 3 rings (SSSR count). The highest BCUT2D eigenvalue weighted by molar-refractivity contribution is 5.86. The van der Waals surface area contributed by atoms with Crippen molar-refractivity contribution in [2.24, 2.45) is 0 Å². The zero-order chi connectivity index (χ0) is 14.8. The average molecular weight is 289 g/mol.